The minimum atomic E-state index is 0.0538. The van der Waals surface area contributed by atoms with E-state index in [1.807, 2.05) is 24.3 Å². The van der Waals surface area contributed by atoms with Crippen molar-refractivity contribution >= 4 is 23.1 Å². The summed E-state index contributed by atoms with van der Waals surface area (Å²) in [4.78, 5) is 15.9. The number of benzene rings is 1. The number of pyridine rings is 1. The summed E-state index contributed by atoms with van der Waals surface area (Å²) in [5, 5.41) is 6.05. The van der Waals surface area contributed by atoms with Crippen LogP contribution in [0.4, 0.5) is 17.2 Å². The zero-order valence-electron chi connectivity index (χ0n) is 13.1. The van der Waals surface area contributed by atoms with Crippen molar-refractivity contribution in [2.45, 2.75) is 12.8 Å². The smallest absolute Gasteiger partial charge is 0.228 e. The Kier molecular flexibility index (Phi) is 4.32. The van der Waals surface area contributed by atoms with Crippen LogP contribution in [0.5, 0.6) is 11.5 Å². The molecule has 0 unspecified atom stereocenters. The summed E-state index contributed by atoms with van der Waals surface area (Å²) in [6.45, 7) is 0. The van der Waals surface area contributed by atoms with E-state index < -0.39 is 0 Å². The molecule has 23 heavy (non-hydrogen) atoms. The molecule has 0 saturated heterocycles. The lowest BCUT2D eigenvalue weighted by Gasteiger charge is -2.11. The van der Waals surface area contributed by atoms with Gasteiger partial charge in [0.15, 0.2) is 11.5 Å². The molecular formula is C17H19N3O3. The van der Waals surface area contributed by atoms with Crippen molar-refractivity contribution in [2.75, 3.05) is 24.9 Å². The maximum atomic E-state index is 11.7. The van der Waals surface area contributed by atoms with Crippen LogP contribution in [0.1, 0.15) is 12.8 Å². The van der Waals surface area contributed by atoms with Gasteiger partial charge in [-0.15, -0.1) is 0 Å². The number of amides is 1. The molecule has 120 valence electrons. The lowest BCUT2D eigenvalue weighted by atomic mass is 10.2. The van der Waals surface area contributed by atoms with Gasteiger partial charge in [-0.1, -0.05) is 0 Å². The largest absolute Gasteiger partial charge is 0.493 e. The van der Waals surface area contributed by atoms with Gasteiger partial charge in [0.05, 0.1) is 26.1 Å². The van der Waals surface area contributed by atoms with E-state index in [0.29, 0.717) is 17.3 Å². The first-order valence-electron chi connectivity index (χ1n) is 7.45. The lowest BCUT2D eigenvalue weighted by Crippen LogP contribution is -2.14. The van der Waals surface area contributed by atoms with Crippen molar-refractivity contribution in [1.82, 2.24) is 4.98 Å². The number of nitrogens with zero attached hydrogens (tertiary/aromatic N) is 1. The van der Waals surface area contributed by atoms with E-state index in [2.05, 4.69) is 15.6 Å². The maximum absolute atomic E-state index is 11.7. The highest BCUT2D eigenvalue weighted by molar-refractivity contribution is 5.93. The van der Waals surface area contributed by atoms with E-state index in [-0.39, 0.29) is 11.8 Å². The second-order valence-corrected chi connectivity index (χ2v) is 5.39. The van der Waals surface area contributed by atoms with Crippen LogP contribution >= 0.6 is 0 Å². The van der Waals surface area contributed by atoms with Gasteiger partial charge in [-0.25, -0.2) is 4.98 Å². The minimum absolute atomic E-state index is 0.0538. The van der Waals surface area contributed by atoms with Crippen molar-refractivity contribution in [3.05, 3.63) is 36.5 Å². The Bertz CT molecular complexity index is 697. The fraction of sp³-hybridized carbons (Fsp3) is 0.294. The zero-order valence-corrected chi connectivity index (χ0v) is 13.1. The highest BCUT2D eigenvalue weighted by atomic mass is 16.5. The Balaban J connectivity index is 1.66. The summed E-state index contributed by atoms with van der Waals surface area (Å²) in [6, 6.07) is 9.22. The summed E-state index contributed by atoms with van der Waals surface area (Å²) in [7, 11) is 3.20. The number of ether oxygens (including phenoxy) is 2. The van der Waals surface area contributed by atoms with Gasteiger partial charge in [-0.3, -0.25) is 4.79 Å². The SMILES string of the molecule is COc1ccc(Nc2ccc(NC(=O)C3CC3)nc2)cc1OC. The second-order valence-electron chi connectivity index (χ2n) is 5.39. The molecule has 1 fully saturated rings. The molecule has 1 heterocycles. The predicted molar refractivity (Wildman–Crippen MR) is 88.4 cm³/mol. The van der Waals surface area contributed by atoms with Crippen molar-refractivity contribution in [2.24, 2.45) is 5.92 Å². The number of hydrogen-bond donors (Lipinski definition) is 2. The Morgan fingerprint density at radius 1 is 1.09 bits per heavy atom. The normalized spacial score (nSPS) is 13.3. The monoisotopic (exact) mass is 313 g/mol. The van der Waals surface area contributed by atoms with Crippen molar-refractivity contribution in [1.29, 1.82) is 0 Å². The topological polar surface area (TPSA) is 72.5 Å². The van der Waals surface area contributed by atoms with Gasteiger partial charge in [0.25, 0.3) is 0 Å². The first kappa shape index (κ1) is 15.1. The number of carbonyl (C=O) groups excluding carboxylic acids is 1. The predicted octanol–water partition coefficient (Wildman–Crippen LogP) is 3.19. The van der Waals surface area contributed by atoms with Crippen LogP contribution in [0, 0.1) is 5.92 Å². The quantitative estimate of drug-likeness (QED) is 0.857. The van der Waals surface area contributed by atoms with Crippen LogP contribution in [0.3, 0.4) is 0 Å². The number of methoxy groups -OCH3 is 2. The van der Waals surface area contributed by atoms with Gasteiger partial charge in [0, 0.05) is 17.7 Å². The first-order chi connectivity index (χ1) is 11.2. The van der Waals surface area contributed by atoms with E-state index in [9.17, 15) is 4.79 Å². The molecule has 0 aliphatic heterocycles. The fourth-order valence-electron chi connectivity index (χ4n) is 2.20. The van der Waals surface area contributed by atoms with E-state index in [4.69, 9.17) is 9.47 Å². The highest BCUT2D eigenvalue weighted by Gasteiger charge is 2.29. The average molecular weight is 313 g/mol. The molecule has 6 nitrogen and oxygen atoms in total. The minimum Gasteiger partial charge on any atom is -0.493 e. The molecule has 0 radical (unpaired) electrons. The van der Waals surface area contributed by atoms with Crippen molar-refractivity contribution in [3.63, 3.8) is 0 Å². The van der Waals surface area contributed by atoms with Crippen LogP contribution in [0.2, 0.25) is 0 Å². The number of hydrogen-bond acceptors (Lipinski definition) is 5. The molecule has 1 aromatic carbocycles. The number of anilines is 3. The molecular weight excluding hydrogens is 294 g/mol. The molecule has 0 atom stereocenters. The van der Waals surface area contributed by atoms with Gasteiger partial charge in [0.1, 0.15) is 5.82 Å². The summed E-state index contributed by atoms with van der Waals surface area (Å²) in [5.41, 5.74) is 1.68. The van der Waals surface area contributed by atoms with Gasteiger partial charge in [-0.05, 0) is 37.1 Å². The fourth-order valence-corrected chi connectivity index (χ4v) is 2.20. The summed E-state index contributed by atoms with van der Waals surface area (Å²) in [6.07, 6.45) is 3.63. The van der Waals surface area contributed by atoms with E-state index >= 15 is 0 Å². The van der Waals surface area contributed by atoms with Crippen LogP contribution in [0.15, 0.2) is 36.5 Å². The summed E-state index contributed by atoms with van der Waals surface area (Å²) in [5.74, 6) is 2.12. The number of nitrogens with one attached hydrogen (secondary N) is 2. The molecule has 0 bridgehead atoms. The van der Waals surface area contributed by atoms with Crippen molar-refractivity contribution in [3.8, 4) is 11.5 Å². The zero-order chi connectivity index (χ0) is 16.2. The van der Waals surface area contributed by atoms with E-state index in [0.717, 1.165) is 24.2 Å². The average Bonchev–Trinajstić information content (AvgIpc) is 3.41. The molecule has 1 amide bonds. The van der Waals surface area contributed by atoms with Crippen molar-refractivity contribution < 1.29 is 14.3 Å². The van der Waals surface area contributed by atoms with Gasteiger partial charge < -0.3 is 20.1 Å². The van der Waals surface area contributed by atoms with Gasteiger partial charge in [-0.2, -0.15) is 0 Å². The summed E-state index contributed by atoms with van der Waals surface area (Å²) >= 11 is 0. The Morgan fingerprint density at radius 2 is 1.83 bits per heavy atom. The Morgan fingerprint density at radius 3 is 2.43 bits per heavy atom. The highest BCUT2D eigenvalue weighted by Crippen LogP contribution is 2.31. The molecule has 2 N–H and O–H groups in total. The van der Waals surface area contributed by atoms with Crippen LogP contribution in [0.25, 0.3) is 0 Å². The van der Waals surface area contributed by atoms with Crippen LogP contribution in [-0.2, 0) is 4.79 Å². The van der Waals surface area contributed by atoms with Gasteiger partial charge in [0.2, 0.25) is 5.91 Å². The first-order valence-corrected chi connectivity index (χ1v) is 7.45. The van der Waals surface area contributed by atoms with Crippen LogP contribution < -0.4 is 20.1 Å². The maximum Gasteiger partial charge on any atom is 0.228 e. The third-order valence-electron chi connectivity index (χ3n) is 3.64. The molecule has 1 aromatic heterocycles. The third kappa shape index (κ3) is 3.71. The standard InChI is InChI=1S/C17H19N3O3/c1-22-14-7-5-12(9-15(14)23-2)19-13-6-8-16(18-10-13)20-17(21)11-3-4-11/h5-11,19H,3-4H2,1-2H3,(H,18,20,21). The lowest BCUT2D eigenvalue weighted by molar-refractivity contribution is -0.117. The van der Waals surface area contributed by atoms with Crippen LogP contribution in [-0.4, -0.2) is 25.1 Å². The van der Waals surface area contributed by atoms with E-state index in [1.165, 1.54) is 0 Å². The molecule has 1 aliphatic carbocycles. The molecule has 3 rings (SSSR count). The Hall–Kier alpha value is -2.76. The summed E-state index contributed by atoms with van der Waals surface area (Å²) < 4.78 is 10.5. The second kappa shape index (κ2) is 6.56. The number of carbonyl (C=O) groups is 1. The molecule has 2 aromatic rings. The van der Waals surface area contributed by atoms with E-state index in [1.54, 1.807) is 26.5 Å². The molecule has 0 spiro atoms. The molecule has 1 aliphatic rings. The number of rotatable bonds is 6. The number of aromatic nitrogens is 1. The Labute approximate surface area is 134 Å². The third-order valence-corrected chi connectivity index (χ3v) is 3.64. The van der Waals surface area contributed by atoms with Gasteiger partial charge >= 0.3 is 0 Å². The molecule has 6 heteroatoms. The molecule has 1 saturated carbocycles.